The summed E-state index contributed by atoms with van der Waals surface area (Å²) in [6.45, 7) is 6.48. The van der Waals surface area contributed by atoms with Crippen molar-refractivity contribution in [2.45, 2.75) is 328 Å². The zero-order chi connectivity index (χ0) is 46.7. The fourth-order valence-electron chi connectivity index (χ4n) is 8.93. The predicted octanol–water partition coefficient (Wildman–Crippen LogP) is 17.5. The molecule has 0 saturated heterocycles. The summed E-state index contributed by atoms with van der Waals surface area (Å²) in [6, 6.07) is -0.697. The van der Waals surface area contributed by atoms with Gasteiger partial charge in [-0.05, 0) is 57.8 Å². The van der Waals surface area contributed by atoms with Gasteiger partial charge in [0.15, 0.2) is 0 Å². The molecule has 0 aliphatic rings. The van der Waals surface area contributed by atoms with E-state index >= 15 is 0 Å². The van der Waals surface area contributed by atoms with Crippen molar-refractivity contribution >= 4 is 11.9 Å². The second kappa shape index (κ2) is 52.3. The minimum Gasteiger partial charge on any atom is -0.462 e. The molecule has 6 nitrogen and oxygen atoms in total. The van der Waals surface area contributed by atoms with Gasteiger partial charge in [0.05, 0.1) is 25.2 Å². The maximum atomic E-state index is 13.2. The maximum absolute atomic E-state index is 13.2. The molecule has 0 saturated carbocycles. The number of ether oxygens (including phenoxy) is 1. The Morgan fingerprint density at radius 3 is 1.22 bits per heavy atom. The lowest BCUT2D eigenvalue weighted by Crippen LogP contribution is -2.46. The first-order chi connectivity index (χ1) is 31.5. The van der Waals surface area contributed by atoms with E-state index in [0.29, 0.717) is 19.3 Å². The van der Waals surface area contributed by atoms with Crippen LogP contribution in [0.25, 0.3) is 0 Å². The molecule has 0 aromatic rings. The summed E-state index contributed by atoms with van der Waals surface area (Å²) in [5.41, 5.74) is 0. The van der Waals surface area contributed by atoms with Crippen LogP contribution in [0.5, 0.6) is 0 Å². The van der Waals surface area contributed by atoms with E-state index in [1.54, 1.807) is 0 Å². The van der Waals surface area contributed by atoms with Crippen LogP contribution in [-0.2, 0) is 14.3 Å². The van der Waals surface area contributed by atoms with Crippen LogP contribution in [0.1, 0.15) is 310 Å². The van der Waals surface area contributed by atoms with Crippen LogP contribution in [-0.4, -0.2) is 46.9 Å². The average Bonchev–Trinajstić information content (AvgIpc) is 3.29. The third-order valence-corrected chi connectivity index (χ3v) is 13.3. The number of rotatable bonds is 52. The highest BCUT2D eigenvalue weighted by Gasteiger charge is 2.24. The van der Waals surface area contributed by atoms with E-state index in [9.17, 15) is 19.8 Å². The van der Waals surface area contributed by atoms with Gasteiger partial charge in [-0.15, -0.1) is 0 Å². The number of amides is 1. The maximum Gasteiger partial charge on any atom is 0.306 e. The first kappa shape index (κ1) is 62.3. The number of aliphatic hydroxyl groups is 2. The summed E-state index contributed by atoms with van der Waals surface area (Å²) in [5, 5.41) is 23.8. The SMILES string of the molecule is CCCCC/C=C\C/C=C\CCCCCCCCCCCC(=O)OC(CCCCCCCCCCCCCCCCCCC)CC(=O)NC(CO)C(O)CCCCCCCCCCC. The number of hydrogen-bond donors (Lipinski definition) is 3. The highest BCUT2D eigenvalue weighted by Crippen LogP contribution is 2.19. The summed E-state index contributed by atoms with van der Waals surface area (Å²) in [7, 11) is 0. The van der Waals surface area contributed by atoms with Crippen molar-refractivity contribution < 1.29 is 24.5 Å². The summed E-state index contributed by atoms with van der Waals surface area (Å²) in [6.07, 6.45) is 61.1. The van der Waals surface area contributed by atoms with Crippen molar-refractivity contribution in [1.29, 1.82) is 0 Å². The van der Waals surface area contributed by atoms with E-state index in [-0.39, 0.29) is 24.9 Å². The number of esters is 1. The van der Waals surface area contributed by atoms with Crippen LogP contribution in [0.2, 0.25) is 0 Å². The molecule has 0 aromatic carbocycles. The Bertz CT molecular complexity index is 1010. The average molecular weight is 903 g/mol. The number of hydrogen-bond acceptors (Lipinski definition) is 5. The molecule has 0 heterocycles. The Labute approximate surface area is 399 Å². The number of aliphatic hydroxyl groups excluding tert-OH is 2. The quantitative estimate of drug-likeness (QED) is 0.0321. The fraction of sp³-hybridized carbons (Fsp3) is 0.897. The van der Waals surface area contributed by atoms with Crippen LogP contribution in [0, 0.1) is 0 Å². The predicted molar refractivity (Wildman–Crippen MR) is 278 cm³/mol. The molecular weight excluding hydrogens is 791 g/mol. The Kier molecular flexibility index (Phi) is 51.0. The lowest BCUT2D eigenvalue weighted by Gasteiger charge is -2.24. The second-order valence-electron chi connectivity index (χ2n) is 19.7. The van der Waals surface area contributed by atoms with E-state index in [1.165, 1.54) is 205 Å². The third kappa shape index (κ3) is 46.9. The molecule has 0 rings (SSSR count). The smallest absolute Gasteiger partial charge is 0.306 e. The van der Waals surface area contributed by atoms with Gasteiger partial charge in [-0.2, -0.15) is 0 Å². The molecule has 0 fully saturated rings. The van der Waals surface area contributed by atoms with Crippen LogP contribution < -0.4 is 5.32 Å². The van der Waals surface area contributed by atoms with Crippen molar-refractivity contribution in [1.82, 2.24) is 5.32 Å². The van der Waals surface area contributed by atoms with Gasteiger partial charge in [-0.3, -0.25) is 9.59 Å². The minimum absolute atomic E-state index is 0.0820. The Morgan fingerprint density at radius 2 is 0.797 bits per heavy atom. The van der Waals surface area contributed by atoms with Crippen LogP contribution in [0.4, 0.5) is 0 Å². The van der Waals surface area contributed by atoms with Gasteiger partial charge in [0.1, 0.15) is 6.10 Å². The lowest BCUT2D eigenvalue weighted by atomic mass is 10.0. The molecule has 0 aliphatic carbocycles. The number of allylic oxidation sites excluding steroid dienone is 4. The number of carbonyl (C=O) groups excluding carboxylic acids is 2. The standard InChI is InChI=1S/C58H111NO5/c1-4-7-10-13-16-19-21-23-25-27-28-30-32-34-36-39-42-45-48-51-58(63)64-54(49-46-43-40-38-35-33-31-29-26-24-22-20-17-14-11-8-5-2)52-57(62)59-55(53-60)56(61)50-47-44-41-37-18-15-12-9-6-3/h16,19,23,25,54-56,60-61H,4-15,17-18,20-22,24,26-53H2,1-3H3,(H,59,62)/b19-16-,25-23-. The number of nitrogens with one attached hydrogen (secondary N) is 1. The van der Waals surface area contributed by atoms with Crippen LogP contribution in [0.3, 0.4) is 0 Å². The Morgan fingerprint density at radius 1 is 0.453 bits per heavy atom. The summed E-state index contributed by atoms with van der Waals surface area (Å²) < 4.78 is 5.96. The van der Waals surface area contributed by atoms with Crippen molar-refractivity contribution in [2.75, 3.05) is 6.61 Å². The molecular formula is C58H111NO5. The van der Waals surface area contributed by atoms with E-state index in [0.717, 1.165) is 57.8 Å². The molecule has 0 radical (unpaired) electrons. The lowest BCUT2D eigenvalue weighted by molar-refractivity contribution is -0.151. The van der Waals surface area contributed by atoms with Crippen molar-refractivity contribution in [3.8, 4) is 0 Å². The number of unbranched alkanes of at least 4 members (excludes halogenated alkanes) is 36. The van der Waals surface area contributed by atoms with Crippen molar-refractivity contribution in [2.24, 2.45) is 0 Å². The van der Waals surface area contributed by atoms with Gasteiger partial charge in [-0.25, -0.2) is 0 Å². The molecule has 3 N–H and O–H groups in total. The molecule has 0 aromatic heterocycles. The van der Waals surface area contributed by atoms with E-state index in [2.05, 4.69) is 50.4 Å². The molecule has 378 valence electrons. The normalized spacial score (nSPS) is 13.3. The van der Waals surface area contributed by atoms with Gasteiger partial charge in [-0.1, -0.05) is 263 Å². The van der Waals surface area contributed by atoms with E-state index < -0.39 is 18.2 Å². The number of carbonyl (C=O) groups is 2. The van der Waals surface area contributed by atoms with Gasteiger partial charge in [0.25, 0.3) is 0 Å². The molecule has 64 heavy (non-hydrogen) atoms. The molecule has 0 bridgehead atoms. The zero-order valence-corrected chi connectivity index (χ0v) is 43.2. The van der Waals surface area contributed by atoms with Gasteiger partial charge < -0.3 is 20.3 Å². The summed E-state index contributed by atoms with van der Waals surface area (Å²) in [4.78, 5) is 26.2. The summed E-state index contributed by atoms with van der Waals surface area (Å²) in [5.74, 6) is -0.460. The monoisotopic (exact) mass is 902 g/mol. The van der Waals surface area contributed by atoms with Gasteiger partial charge >= 0.3 is 5.97 Å². The molecule has 1 amide bonds. The first-order valence-corrected chi connectivity index (χ1v) is 28.6. The molecule has 3 atom stereocenters. The van der Waals surface area contributed by atoms with Gasteiger partial charge in [0.2, 0.25) is 5.91 Å². The molecule has 0 spiro atoms. The topological polar surface area (TPSA) is 95.9 Å². The molecule has 0 aliphatic heterocycles. The zero-order valence-electron chi connectivity index (χ0n) is 43.2. The minimum atomic E-state index is -0.783. The first-order valence-electron chi connectivity index (χ1n) is 28.6. The van der Waals surface area contributed by atoms with Crippen molar-refractivity contribution in [3.63, 3.8) is 0 Å². The highest BCUT2D eigenvalue weighted by atomic mass is 16.5. The van der Waals surface area contributed by atoms with E-state index in [1.807, 2.05) is 0 Å². The third-order valence-electron chi connectivity index (χ3n) is 13.3. The summed E-state index contributed by atoms with van der Waals surface area (Å²) >= 11 is 0. The van der Waals surface area contributed by atoms with Crippen LogP contribution in [0.15, 0.2) is 24.3 Å². The van der Waals surface area contributed by atoms with Crippen molar-refractivity contribution in [3.05, 3.63) is 24.3 Å². The highest BCUT2D eigenvalue weighted by molar-refractivity contribution is 5.77. The van der Waals surface area contributed by atoms with Gasteiger partial charge in [0, 0.05) is 6.42 Å². The Hall–Kier alpha value is -1.66. The van der Waals surface area contributed by atoms with Crippen LogP contribution >= 0.6 is 0 Å². The second-order valence-corrected chi connectivity index (χ2v) is 19.7. The largest absolute Gasteiger partial charge is 0.462 e. The Balaban J connectivity index is 4.48. The van der Waals surface area contributed by atoms with E-state index in [4.69, 9.17) is 4.74 Å². The fourth-order valence-corrected chi connectivity index (χ4v) is 8.93. The molecule has 3 unspecified atom stereocenters. The molecule has 6 heteroatoms.